The maximum atomic E-state index is 5.41. The number of aromatic nitrogens is 1. The molecule has 0 N–H and O–H groups in total. The maximum Gasteiger partial charge on any atom is 0.133 e. The normalized spacial score (nSPS) is 11.3. The molecule has 0 aliphatic carbocycles. The van der Waals surface area contributed by atoms with E-state index < -0.39 is 0 Å². The van der Waals surface area contributed by atoms with E-state index in [-0.39, 0.29) is 0 Å². The highest BCUT2D eigenvalue weighted by Crippen LogP contribution is 2.14. The minimum Gasteiger partial charge on any atom is -0.468 e. The van der Waals surface area contributed by atoms with Gasteiger partial charge in [-0.25, -0.2) is 0 Å². The van der Waals surface area contributed by atoms with E-state index in [0.29, 0.717) is 19.6 Å². The highest BCUT2D eigenvalue weighted by molar-refractivity contribution is 5.06. The third kappa shape index (κ3) is 3.19. The lowest BCUT2D eigenvalue weighted by Gasteiger charge is -2.18. The van der Waals surface area contributed by atoms with Crippen molar-refractivity contribution < 1.29 is 13.4 Å². The number of aryl methyl sites for hydroxylation is 1. The predicted molar refractivity (Wildman–Crippen MR) is 71.6 cm³/mol. The van der Waals surface area contributed by atoms with Crippen LogP contribution in [0.3, 0.4) is 0 Å². The van der Waals surface area contributed by atoms with Crippen molar-refractivity contribution in [1.29, 1.82) is 0 Å². The average Bonchev–Trinajstić information content (AvgIpc) is 3.13. The van der Waals surface area contributed by atoms with Crippen LogP contribution in [-0.2, 0) is 19.6 Å². The van der Waals surface area contributed by atoms with Gasteiger partial charge in [-0.05, 0) is 31.2 Å². The molecule has 5 nitrogen and oxygen atoms in total. The summed E-state index contributed by atoms with van der Waals surface area (Å²) >= 11 is 0. The molecule has 3 rings (SSSR count). The number of hydrogen-bond donors (Lipinski definition) is 0. The Morgan fingerprint density at radius 2 is 1.65 bits per heavy atom. The van der Waals surface area contributed by atoms with Crippen molar-refractivity contribution in [2.24, 2.45) is 0 Å². The minimum absolute atomic E-state index is 0.679. The van der Waals surface area contributed by atoms with Crippen LogP contribution >= 0.6 is 0 Å². The Morgan fingerprint density at radius 3 is 2.10 bits per heavy atom. The molecule has 0 unspecified atom stereocenters. The van der Waals surface area contributed by atoms with Crippen LogP contribution in [0.2, 0.25) is 0 Å². The molecule has 0 aliphatic rings. The molecule has 0 saturated heterocycles. The standard InChI is InChI=1S/C15H16N2O3/c1-12-8-13(16-20-12)9-17(10-14-4-2-6-18-14)11-15-5-3-7-19-15/h2-8H,9-11H2,1H3. The van der Waals surface area contributed by atoms with Gasteiger partial charge in [-0.3, -0.25) is 4.90 Å². The lowest BCUT2D eigenvalue weighted by Crippen LogP contribution is -2.22. The van der Waals surface area contributed by atoms with Gasteiger partial charge < -0.3 is 13.4 Å². The molecule has 3 aromatic rings. The van der Waals surface area contributed by atoms with Gasteiger partial charge in [0.15, 0.2) is 0 Å². The molecule has 104 valence electrons. The second-order valence-corrected chi connectivity index (χ2v) is 4.73. The molecule has 0 spiro atoms. The van der Waals surface area contributed by atoms with E-state index in [2.05, 4.69) is 10.1 Å². The highest BCUT2D eigenvalue weighted by Gasteiger charge is 2.13. The molecule has 0 aliphatic heterocycles. The SMILES string of the molecule is Cc1cc(CN(Cc2ccco2)Cc2ccco2)no1. The molecule has 0 radical (unpaired) electrons. The van der Waals surface area contributed by atoms with Gasteiger partial charge in [0.05, 0.1) is 31.3 Å². The third-order valence-corrected chi connectivity index (χ3v) is 2.98. The Kier molecular flexibility index (Phi) is 3.69. The Balaban J connectivity index is 1.72. The van der Waals surface area contributed by atoms with Crippen LogP contribution in [0, 0.1) is 6.92 Å². The first-order valence-electron chi connectivity index (χ1n) is 6.49. The topological polar surface area (TPSA) is 55.6 Å². The molecule has 0 atom stereocenters. The first-order valence-corrected chi connectivity index (χ1v) is 6.49. The Labute approximate surface area is 116 Å². The number of rotatable bonds is 6. The summed E-state index contributed by atoms with van der Waals surface area (Å²) in [5, 5.41) is 4.04. The van der Waals surface area contributed by atoms with Gasteiger partial charge in [0, 0.05) is 12.6 Å². The zero-order valence-electron chi connectivity index (χ0n) is 11.3. The molecular weight excluding hydrogens is 256 g/mol. The van der Waals surface area contributed by atoms with Gasteiger partial charge in [-0.1, -0.05) is 5.16 Å². The first kappa shape index (κ1) is 12.7. The summed E-state index contributed by atoms with van der Waals surface area (Å²) in [5.74, 6) is 2.64. The summed E-state index contributed by atoms with van der Waals surface area (Å²) in [5.41, 5.74) is 0.903. The molecule has 3 heterocycles. The Bertz CT molecular complexity index is 590. The van der Waals surface area contributed by atoms with Crippen molar-refractivity contribution in [3.8, 4) is 0 Å². The molecule has 0 amide bonds. The zero-order valence-corrected chi connectivity index (χ0v) is 11.3. The molecule has 0 saturated carbocycles. The maximum absolute atomic E-state index is 5.41. The van der Waals surface area contributed by atoms with Crippen LogP contribution in [0.25, 0.3) is 0 Å². The van der Waals surface area contributed by atoms with Gasteiger partial charge in [0.25, 0.3) is 0 Å². The largest absolute Gasteiger partial charge is 0.468 e. The summed E-state index contributed by atoms with van der Waals surface area (Å²) in [4.78, 5) is 2.19. The van der Waals surface area contributed by atoms with Crippen LogP contribution < -0.4 is 0 Å². The van der Waals surface area contributed by atoms with E-state index in [1.807, 2.05) is 37.3 Å². The van der Waals surface area contributed by atoms with Crippen LogP contribution in [0.5, 0.6) is 0 Å². The van der Waals surface area contributed by atoms with E-state index in [0.717, 1.165) is 23.0 Å². The molecule has 20 heavy (non-hydrogen) atoms. The Hall–Kier alpha value is -2.27. The molecule has 5 heteroatoms. The smallest absolute Gasteiger partial charge is 0.133 e. The van der Waals surface area contributed by atoms with E-state index >= 15 is 0 Å². The second kappa shape index (κ2) is 5.79. The van der Waals surface area contributed by atoms with Gasteiger partial charge in [-0.2, -0.15) is 0 Å². The van der Waals surface area contributed by atoms with Gasteiger partial charge in [0.2, 0.25) is 0 Å². The monoisotopic (exact) mass is 272 g/mol. The number of hydrogen-bond acceptors (Lipinski definition) is 5. The van der Waals surface area contributed by atoms with E-state index in [1.54, 1.807) is 12.5 Å². The van der Waals surface area contributed by atoms with Crippen molar-refractivity contribution in [2.75, 3.05) is 0 Å². The summed E-state index contributed by atoms with van der Waals surface area (Å²) in [6.45, 7) is 3.96. The van der Waals surface area contributed by atoms with Crippen molar-refractivity contribution in [3.63, 3.8) is 0 Å². The van der Waals surface area contributed by atoms with Crippen molar-refractivity contribution in [2.45, 2.75) is 26.6 Å². The molecule has 0 aromatic carbocycles. The van der Waals surface area contributed by atoms with Crippen molar-refractivity contribution in [1.82, 2.24) is 10.1 Å². The number of nitrogens with zero attached hydrogens (tertiary/aromatic N) is 2. The Morgan fingerprint density at radius 1 is 1.00 bits per heavy atom. The zero-order chi connectivity index (χ0) is 13.8. The predicted octanol–water partition coefficient (Wildman–Crippen LogP) is 3.37. The van der Waals surface area contributed by atoms with Crippen molar-refractivity contribution in [3.05, 3.63) is 65.8 Å². The third-order valence-electron chi connectivity index (χ3n) is 2.98. The van der Waals surface area contributed by atoms with Gasteiger partial charge in [0.1, 0.15) is 17.3 Å². The fourth-order valence-electron chi connectivity index (χ4n) is 2.14. The molecule has 0 fully saturated rings. The summed E-state index contributed by atoms with van der Waals surface area (Å²) in [6.07, 6.45) is 3.36. The highest BCUT2D eigenvalue weighted by atomic mass is 16.5. The lowest BCUT2D eigenvalue weighted by molar-refractivity contribution is 0.203. The quantitative estimate of drug-likeness (QED) is 0.688. The fraction of sp³-hybridized carbons (Fsp3) is 0.267. The summed E-state index contributed by atoms with van der Waals surface area (Å²) < 4.78 is 15.9. The summed E-state index contributed by atoms with van der Waals surface area (Å²) in [7, 11) is 0. The van der Waals surface area contributed by atoms with Gasteiger partial charge >= 0.3 is 0 Å². The minimum atomic E-state index is 0.679. The second-order valence-electron chi connectivity index (χ2n) is 4.73. The average molecular weight is 272 g/mol. The van der Waals surface area contributed by atoms with Crippen LogP contribution in [-0.4, -0.2) is 10.1 Å². The molecule has 3 aromatic heterocycles. The molecular formula is C15H16N2O3. The van der Waals surface area contributed by atoms with E-state index in [1.165, 1.54) is 0 Å². The molecule has 0 bridgehead atoms. The van der Waals surface area contributed by atoms with Crippen molar-refractivity contribution >= 4 is 0 Å². The van der Waals surface area contributed by atoms with E-state index in [4.69, 9.17) is 13.4 Å². The lowest BCUT2D eigenvalue weighted by atomic mass is 10.3. The van der Waals surface area contributed by atoms with Gasteiger partial charge in [-0.15, -0.1) is 0 Å². The van der Waals surface area contributed by atoms with Crippen LogP contribution in [0.1, 0.15) is 23.0 Å². The first-order chi connectivity index (χ1) is 9.79. The van der Waals surface area contributed by atoms with Crippen LogP contribution in [0.4, 0.5) is 0 Å². The van der Waals surface area contributed by atoms with Crippen LogP contribution in [0.15, 0.2) is 56.2 Å². The van der Waals surface area contributed by atoms with E-state index in [9.17, 15) is 0 Å². The fourth-order valence-corrected chi connectivity index (χ4v) is 2.14. The number of furan rings is 2. The summed E-state index contributed by atoms with van der Waals surface area (Å²) in [6, 6.07) is 9.64.